The molecule has 2 aromatic rings. The predicted octanol–water partition coefficient (Wildman–Crippen LogP) is 4.24. The van der Waals surface area contributed by atoms with E-state index in [1.807, 2.05) is 37.3 Å². The average Bonchev–Trinajstić information content (AvgIpc) is 2.54. The van der Waals surface area contributed by atoms with E-state index in [2.05, 4.69) is 49.3 Å². The Labute approximate surface area is 144 Å². The molecular weight excluding hydrogens is 296 g/mol. The van der Waals surface area contributed by atoms with Gasteiger partial charge in [-0.25, -0.2) is 0 Å². The summed E-state index contributed by atoms with van der Waals surface area (Å²) in [5.74, 6) is -0.104. The van der Waals surface area contributed by atoms with Crippen LogP contribution in [0, 0.1) is 6.92 Å². The first-order chi connectivity index (χ1) is 11.4. The third kappa shape index (κ3) is 3.21. The van der Waals surface area contributed by atoms with Gasteiger partial charge in [-0.3, -0.25) is 4.79 Å². The Morgan fingerprint density at radius 2 is 1.79 bits per heavy atom. The van der Waals surface area contributed by atoms with Crippen LogP contribution in [-0.2, 0) is 11.2 Å². The summed E-state index contributed by atoms with van der Waals surface area (Å²) in [6.07, 6.45) is 2.68. The summed E-state index contributed by atoms with van der Waals surface area (Å²) in [6.45, 7) is 6.44. The monoisotopic (exact) mass is 320 g/mol. The van der Waals surface area contributed by atoms with Crippen LogP contribution < -0.4 is 5.32 Å². The van der Waals surface area contributed by atoms with E-state index in [1.54, 1.807) is 6.08 Å². The van der Waals surface area contributed by atoms with Crippen molar-refractivity contribution in [2.75, 3.05) is 12.4 Å². The Bertz CT molecular complexity index is 788. The van der Waals surface area contributed by atoms with E-state index in [9.17, 15) is 4.79 Å². The van der Waals surface area contributed by atoms with E-state index in [0.717, 1.165) is 23.4 Å². The highest BCUT2D eigenvalue weighted by atomic mass is 16.1. The minimum atomic E-state index is -0.104. The molecule has 1 aliphatic heterocycles. The van der Waals surface area contributed by atoms with Crippen LogP contribution in [0.3, 0.4) is 0 Å². The molecule has 0 spiro atoms. The third-order valence-electron chi connectivity index (χ3n) is 4.77. The van der Waals surface area contributed by atoms with Gasteiger partial charge in [0, 0.05) is 35.6 Å². The zero-order chi connectivity index (χ0) is 17.3. The van der Waals surface area contributed by atoms with Gasteiger partial charge in [0.15, 0.2) is 0 Å². The molecule has 3 rings (SSSR count). The smallest absolute Gasteiger partial charge is 0.250 e. The zero-order valence-corrected chi connectivity index (χ0v) is 14.8. The molecule has 0 atom stereocenters. The molecule has 0 unspecified atom stereocenters. The van der Waals surface area contributed by atoms with Gasteiger partial charge in [-0.1, -0.05) is 42.0 Å². The molecule has 1 N–H and O–H groups in total. The number of carbonyl (C=O) groups excluding carboxylic acids is 1. The van der Waals surface area contributed by atoms with Crippen LogP contribution in [0.1, 0.15) is 30.5 Å². The molecule has 1 heterocycles. The van der Waals surface area contributed by atoms with E-state index < -0.39 is 0 Å². The summed E-state index contributed by atoms with van der Waals surface area (Å²) in [5.41, 5.74) is 5.35. The number of amides is 1. The average molecular weight is 320 g/mol. The minimum absolute atomic E-state index is 0.0235. The number of nitrogens with zero attached hydrogens (tertiary/aromatic N) is 1. The molecule has 124 valence electrons. The molecular formula is C21H24N2O. The molecule has 3 heteroatoms. The van der Waals surface area contributed by atoms with Crippen molar-refractivity contribution in [3.63, 3.8) is 0 Å². The van der Waals surface area contributed by atoms with Crippen LogP contribution in [0.15, 0.2) is 54.6 Å². The second-order valence-electron chi connectivity index (χ2n) is 7.09. The largest absolute Gasteiger partial charge is 0.368 e. The fourth-order valence-corrected chi connectivity index (χ4v) is 3.13. The summed E-state index contributed by atoms with van der Waals surface area (Å²) in [5, 5.41) is 2.95. The molecule has 1 amide bonds. The van der Waals surface area contributed by atoms with Crippen LogP contribution in [0.4, 0.5) is 5.69 Å². The van der Waals surface area contributed by atoms with Gasteiger partial charge in [0.05, 0.1) is 0 Å². The fourth-order valence-electron chi connectivity index (χ4n) is 3.13. The summed E-state index contributed by atoms with van der Waals surface area (Å²) in [4.78, 5) is 14.7. The molecule has 3 nitrogen and oxygen atoms in total. The predicted molar refractivity (Wildman–Crippen MR) is 99.8 cm³/mol. The van der Waals surface area contributed by atoms with Crippen LogP contribution in [-0.4, -0.2) is 23.4 Å². The van der Waals surface area contributed by atoms with E-state index in [0.29, 0.717) is 0 Å². The molecule has 0 aliphatic carbocycles. The van der Waals surface area contributed by atoms with Crippen LogP contribution >= 0.6 is 0 Å². The van der Waals surface area contributed by atoms with Gasteiger partial charge in [0.1, 0.15) is 0 Å². The van der Waals surface area contributed by atoms with Crippen molar-refractivity contribution in [1.29, 1.82) is 0 Å². The first-order valence-corrected chi connectivity index (χ1v) is 8.28. The number of carbonyl (C=O) groups is 1. The van der Waals surface area contributed by atoms with Gasteiger partial charge in [0.2, 0.25) is 5.91 Å². The number of hydrogen-bond acceptors (Lipinski definition) is 2. The highest BCUT2D eigenvalue weighted by molar-refractivity contribution is 6.04. The normalized spacial score (nSPS) is 17.5. The lowest BCUT2D eigenvalue weighted by molar-refractivity contribution is -0.111. The Hall–Kier alpha value is -2.55. The third-order valence-corrected chi connectivity index (χ3v) is 4.77. The van der Waals surface area contributed by atoms with E-state index >= 15 is 0 Å². The second kappa shape index (κ2) is 6.16. The summed E-state index contributed by atoms with van der Waals surface area (Å²) < 4.78 is 0. The number of likely N-dealkylation sites (N-methyl/N-ethyl adjacent to an activating group) is 1. The van der Waals surface area contributed by atoms with Crippen molar-refractivity contribution >= 4 is 17.3 Å². The van der Waals surface area contributed by atoms with Gasteiger partial charge in [-0.05, 0) is 44.9 Å². The number of benzene rings is 2. The molecule has 0 fully saturated rings. The number of rotatable bonds is 2. The van der Waals surface area contributed by atoms with Gasteiger partial charge in [-0.15, -0.1) is 0 Å². The lowest BCUT2D eigenvalue weighted by atomic mass is 9.84. The Morgan fingerprint density at radius 1 is 1.12 bits per heavy atom. The first kappa shape index (κ1) is 16.3. The maximum atomic E-state index is 12.5. The highest BCUT2D eigenvalue weighted by Gasteiger charge is 2.33. The van der Waals surface area contributed by atoms with Crippen molar-refractivity contribution < 1.29 is 4.79 Å². The number of nitrogens with one attached hydrogen (secondary N) is 1. The standard InChI is InChI=1S/C21H24N2O/c1-15-9-11-17(12-10-15)22-20(24)13-19-18-8-6-5-7-16(18)14-21(2,3)23(19)4/h5-13H,14H2,1-4H3,(H,22,24)/b19-13+. The summed E-state index contributed by atoms with van der Waals surface area (Å²) >= 11 is 0. The SMILES string of the molecule is Cc1ccc(NC(=O)/C=C2\c3ccccc3CC(C)(C)N2C)cc1. The molecule has 24 heavy (non-hydrogen) atoms. The maximum Gasteiger partial charge on any atom is 0.250 e. The summed E-state index contributed by atoms with van der Waals surface area (Å²) in [6, 6.07) is 16.2. The Morgan fingerprint density at radius 3 is 2.50 bits per heavy atom. The van der Waals surface area contributed by atoms with Crippen molar-refractivity contribution in [3.05, 3.63) is 71.3 Å². The van der Waals surface area contributed by atoms with E-state index in [-0.39, 0.29) is 11.4 Å². The summed E-state index contributed by atoms with van der Waals surface area (Å²) in [7, 11) is 2.06. The van der Waals surface area contributed by atoms with Crippen molar-refractivity contribution in [1.82, 2.24) is 4.90 Å². The minimum Gasteiger partial charge on any atom is -0.368 e. The van der Waals surface area contributed by atoms with E-state index in [1.165, 1.54) is 11.1 Å². The highest BCUT2D eigenvalue weighted by Crippen LogP contribution is 2.36. The zero-order valence-electron chi connectivity index (χ0n) is 14.8. The van der Waals surface area contributed by atoms with Crippen molar-refractivity contribution in [2.45, 2.75) is 32.7 Å². The van der Waals surface area contributed by atoms with Crippen molar-refractivity contribution in [2.24, 2.45) is 0 Å². The Kier molecular flexibility index (Phi) is 4.18. The number of hydrogen-bond donors (Lipinski definition) is 1. The molecule has 0 bridgehead atoms. The molecule has 0 saturated carbocycles. The Balaban J connectivity index is 1.92. The molecule has 0 radical (unpaired) electrons. The quantitative estimate of drug-likeness (QED) is 0.839. The number of aryl methyl sites for hydroxylation is 1. The van der Waals surface area contributed by atoms with Crippen LogP contribution in [0.25, 0.3) is 5.70 Å². The van der Waals surface area contributed by atoms with Gasteiger partial charge in [0.25, 0.3) is 0 Å². The number of anilines is 1. The van der Waals surface area contributed by atoms with Gasteiger partial charge >= 0.3 is 0 Å². The lowest BCUT2D eigenvalue weighted by Gasteiger charge is -2.44. The first-order valence-electron chi connectivity index (χ1n) is 8.28. The van der Waals surface area contributed by atoms with Crippen molar-refractivity contribution in [3.8, 4) is 0 Å². The molecule has 1 aliphatic rings. The van der Waals surface area contributed by atoms with Gasteiger partial charge in [-0.2, -0.15) is 0 Å². The van der Waals surface area contributed by atoms with Gasteiger partial charge < -0.3 is 10.2 Å². The topological polar surface area (TPSA) is 32.3 Å². The molecule has 0 saturated heterocycles. The van der Waals surface area contributed by atoms with Crippen LogP contribution in [0.2, 0.25) is 0 Å². The second-order valence-corrected chi connectivity index (χ2v) is 7.09. The number of fused-ring (bicyclic) bond motifs is 1. The maximum absolute atomic E-state index is 12.5. The fraction of sp³-hybridized carbons (Fsp3) is 0.286. The molecule has 2 aromatic carbocycles. The molecule has 0 aromatic heterocycles. The van der Waals surface area contributed by atoms with Crippen LogP contribution in [0.5, 0.6) is 0 Å². The lowest BCUT2D eigenvalue weighted by Crippen LogP contribution is -2.45. The van der Waals surface area contributed by atoms with E-state index in [4.69, 9.17) is 0 Å².